The van der Waals surface area contributed by atoms with Crippen molar-refractivity contribution in [2.45, 2.75) is 26.4 Å². The lowest BCUT2D eigenvalue weighted by Gasteiger charge is -2.15. The molecule has 0 radical (unpaired) electrons. The molecule has 18 heavy (non-hydrogen) atoms. The van der Waals surface area contributed by atoms with Crippen LogP contribution < -0.4 is 5.32 Å². The van der Waals surface area contributed by atoms with E-state index in [1.165, 1.54) is 11.1 Å². The molecule has 3 heteroatoms. The van der Waals surface area contributed by atoms with Crippen LogP contribution >= 0.6 is 11.6 Å². The van der Waals surface area contributed by atoms with Crippen molar-refractivity contribution in [3.8, 4) is 0 Å². The van der Waals surface area contributed by atoms with E-state index < -0.39 is 0 Å². The SMILES string of the molecule is Cc1ccc(C(C)NCc2ccncc2Cl)cc1. The van der Waals surface area contributed by atoms with Gasteiger partial charge >= 0.3 is 0 Å². The van der Waals surface area contributed by atoms with Gasteiger partial charge in [0, 0.05) is 25.0 Å². The monoisotopic (exact) mass is 260 g/mol. The van der Waals surface area contributed by atoms with Gasteiger partial charge in [0.1, 0.15) is 0 Å². The van der Waals surface area contributed by atoms with E-state index in [0.29, 0.717) is 11.1 Å². The van der Waals surface area contributed by atoms with Crippen molar-refractivity contribution in [1.82, 2.24) is 10.3 Å². The zero-order valence-electron chi connectivity index (χ0n) is 10.7. The first-order valence-corrected chi connectivity index (χ1v) is 6.43. The second-order valence-corrected chi connectivity index (χ2v) is 4.89. The van der Waals surface area contributed by atoms with Gasteiger partial charge in [-0.3, -0.25) is 4.98 Å². The molecule has 0 aliphatic rings. The normalized spacial score (nSPS) is 12.4. The van der Waals surface area contributed by atoms with Crippen LogP contribution in [0.2, 0.25) is 5.02 Å². The van der Waals surface area contributed by atoms with Gasteiger partial charge in [0.25, 0.3) is 0 Å². The zero-order valence-corrected chi connectivity index (χ0v) is 11.4. The predicted molar refractivity (Wildman–Crippen MR) is 75.7 cm³/mol. The summed E-state index contributed by atoms with van der Waals surface area (Å²) in [5.74, 6) is 0. The van der Waals surface area contributed by atoms with Gasteiger partial charge in [-0.25, -0.2) is 0 Å². The van der Waals surface area contributed by atoms with Crippen LogP contribution in [0.25, 0.3) is 0 Å². The van der Waals surface area contributed by atoms with Crippen LogP contribution in [0.1, 0.15) is 29.7 Å². The molecule has 2 nitrogen and oxygen atoms in total. The van der Waals surface area contributed by atoms with Crippen molar-refractivity contribution in [3.05, 3.63) is 64.4 Å². The molecule has 0 spiro atoms. The lowest BCUT2D eigenvalue weighted by molar-refractivity contribution is 0.574. The molecular weight excluding hydrogens is 244 g/mol. The number of nitrogens with zero attached hydrogens (tertiary/aromatic N) is 1. The molecule has 1 unspecified atom stereocenters. The molecule has 0 bridgehead atoms. The Hall–Kier alpha value is -1.38. The molecule has 0 fully saturated rings. The van der Waals surface area contributed by atoms with Gasteiger partial charge in [0.05, 0.1) is 5.02 Å². The van der Waals surface area contributed by atoms with E-state index in [0.717, 1.165) is 12.1 Å². The Kier molecular flexibility index (Phi) is 4.34. The Labute approximate surface area is 113 Å². The van der Waals surface area contributed by atoms with Crippen LogP contribution in [-0.4, -0.2) is 4.98 Å². The summed E-state index contributed by atoms with van der Waals surface area (Å²) in [5, 5.41) is 4.17. The predicted octanol–water partition coefficient (Wildman–Crippen LogP) is 3.89. The molecule has 94 valence electrons. The Morgan fingerprint density at radius 1 is 1.22 bits per heavy atom. The van der Waals surface area contributed by atoms with Crippen molar-refractivity contribution in [2.75, 3.05) is 0 Å². The molecule has 0 aliphatic carbocycles. The minimum Gasteiger partial charge on any atom is -0.306 e. The number of benzene rings is 1. The van der Waals surface area contributed by atoms with Crippen molar-refractivity contribution < 1.29 is 0 Å². The van der Waals surface area contributed by atoms with Gasteiger partial charge in [0.2, 0.25) is 0 Å². The van der Waals surface area contributed by atoms with E-state index in [4.69, 9.17) is 11.6 Å². The summed E-state index contributed by atoms with van der Waals surface area (Å²) in [6.07, 6.45) is 3.44. The van der Waals surface area contributed by atoms with Gasteiger partial charge < -0.3 is 5.32 Å². The molecule has 2 aromatic rings. The summed E-state index contributed by atoms with van der Waals surface area (Å²) >= 11 is 6.07. The Morgan fingerprint density at radius 3 is 2.61 bits per heavy atom. The largest absolute Gasteiger partial charge is 0.306 e. The summed E-state index contributed by atoms with van der Waals surface area (Å²) in [7, 11) is 0. The van der Waals surface area contributed by atoms with Crippen LogP contribution in [0.4, 0.5) is 0 Å². The number of aromatic nitrogens is 1. The third-order valence-corrected chi connectivity index (χ3v) is 3.37. The van der Waals surface area contributed by atoms with Gasteiger partial charge in [0.15, 0.2) is 0 Å². The second kappa shape index (κ2) is 5.98. The molecule has 0 amide bonds. The number of pyridine rings is 1. The van der Waals surface area contributed by atoms with Gasteiger partial charge in [-0.05, 0) is 31.0 Å². The van der Waals surface area contributed by atoms with Crippen molar-refractivity contribution in [3.63, 3.8) is 0 Å². The standard InChI is InChI=1S/C15H17ClN2/c1-11-3-5-13(6-4-11)12(2)18-9-14-7-8-17-10-15(14)16/h3-8,10,12,18H,9H2,1-2H3. The Morgan fingerprint density at radius 2 is 1.94 bits per heavy atom. The summed E-state index contributed by atoms with van der Waals surface area (Å²) in [4.78, 5) is 3.98. The highest BCUT2D eigenvalue weighted by molar-refractivity contribution is 6.31. The van der Waals surface area contributed by atoms with Crippen LogP contribution in [0.5, 0.6) is 0 Å². The number of hydrogen-bond donors (Lipinski definition) is 1. The lowest BCUT2D eigenvalue weighted by atomic mass is 10.1. The van der Waals surface area contributed by atoms with E-state index in [-0.39, 0.29) is 0 Å². The number of aryl methyl sites for hydroxylation is 1. The molecule has 2 rings (SSSR count). The number of rotatable bonds is 4. The van der Waals surface area contributed by atoms with Crippen molar-refractivity contribution in [1.29, 1.82) is 0 Å². The first-order valence-electron chi connectivity index (χ1n) is 6.05. The fourth-order valence-electron chi connectivity index (χ4n) is 1.78. The van der Waals surface area contributed by atoms with Crippen molar-refractivity contribution in [2.24, 2.45) is 0 Å². The van der Waals surface area contributed by atoms with E-state index in [1.54, 1.807) is 12.4 Å². The quantitative estimate of drug-likeness (QED) is 0.902. The first kappa shape index (κ1) is 13.1. The highest BCUT2D eigenvalue weighted by atomic mass is 35.5. The number of halogens is 1. The molecule has 1 aromatic heterocycles. The number of nitrogens with one attached hydrogen (secondary N) is 1. The Bertz CT molecular complexity index is 508. The smallest absolute Gasteiger partial charge is 0.0634 e. The fraction of sp³-hybridized carbons (Fsp3) is 0.267. The van der Waals surface area contributed by atoms with Crippen LogP contribution in [0.15, 0.2) is 42.7 Å². The lowest BCUT2D eigenvalue weighted by Crippen LogP contribution is -2.18. The molecule has 0 aliphatic heterocycles. The zero-order chi connectivity index (χ0) is 13.0. The third kappa shape index (κ3) is 3.31. The minimum absolute atomic E-state index is 0.301. The fourth-order valence-corrected chi connectivity index (χ4v) is 1.97. The highest BCUT2D eigenvalue weighted by Gasteiger charge is 2.06. The summed E-state index contributed by atoms with van der Waals surface area (Å²) in [6.45, 7) is 4.99. The summed E-state index contributed by atoms with van der Waals surface area (Å²) in [5.41, 5.74) is 3.64. The van der Waals surface area contributed by atoms with Gasteiger partial charge in [-0.15, -0.1) is 0 Å². The molecule has 1 aromatic carbocycles. The molecule has 0 saturated heterocycles. The molecule has 0 saturated carbocycles. The maximum absolute atomic E-state index is 6.07. The molecule has 1 N–H and O–H groups in total. The maximum Gasteiger partial charge on any atom is 0.0634 e. The summed E-state index contributed by atoms with van der Waals surface area (Å²) in [6, 6.07) is 10.8. The second-order valence-electron chi connectivity index (χ2n) is 4.48. The van der Waals surface area contributed by atoms with E-state index in [9.17, 15) is 0 Å². The van der Waals surface area contributed by atoms with Gasteiger partial charge in [-0.1, -0.05) is 41.4 Å². The van der Waals surface area contributed by atoms with Crippen LogP contribution in [0.3, 0.4) is 0 Å². The molecule has 1 heterocycles. The molecular formula is C15H17ClN2. The van der Waals surface area contributed by atoms with E-state index >= 15 is 0 Å². The van der Waals surface area contributed by atoms with Gasteiger partial charge in [-0.2, -0.15) is 0 Å². The third-order valence-electron chi connectivity index (χ3n) is 3.03. The van der Waals surface area contributed by atoms with Crippen molar-refractivity contribution >= 4 is 11.6 Å². The summed E-state index contributed by atoms with van der Waals surface area (Å²) < 4.78 is 0. The van der Waals surface area contributed by atoms with E-state index in [1.807, 2.05) is 6.07 Å². The topological polar surface area (TPSA) is 24.9 Å². The maximum atomic E-state index is 6.07. The highest BCUT2D eigenvalue weighted by Crippen LogP contribution is 2.17. The number of hydrogen-bond acceptors (Lipinski definition) is 2. The van der Waals surface area contributed by atoms with E-state index in [2.05, 4.69) is 48.4 Å². The van der Waals surface area contributed by atoms with Crippen LogP contribution in [-0.2, 0) is 6.54 Å². The average Bonchev–Trinajstić information content (AvgIpc) is 2.38. The average molecular weight is 261 g/mol. The first-order chi connectivity index (χ1) is 8.66. The minimum atomic E-state index is 0.301. The molecule has 1 atom stereocenters. The van der Waals surface area contributed by atoms with Crippen LogP contribution in [0, 0.1) is 6.92 Å². The Balaban J connectivity index is 1.98.